The number of alkyl halides is 4. The number of benzene rings is 1. The van der Waals surface area contributed by atoms with E-state index in [-0.39, 0.29) is 17.4 Å². The molecule has 2 rings (SSSR count). The second-order valence-corrected chi connectivity index (χ2v) is 6.86. The maximum Gasteiger partial charge on any atom is 0.417 e. The smallest absolute Gasteiger partial charge is 0.302 e. The van der Waals surface area contributed by atoms with Crippen LogP contribution in [0.1, 0.15) is 28.8 Å². The molecule has 0 saturated carbocycles. The lowest BCUT2D eigenvalue weighted by Gasteiger charge is -2.10. The first-order chi connectivity index (χ1) is 11.3. The molecule has 2 aromatic rings. The number of halogens is 5. The fraction of sp³-hybridized carbons (Fsp3) is 0.333. The van der Waals surface area contributed by atoms with Crippen molar-refractivity contribution in [1.29, 1.82) is 0 Å². The SMILES string of the molecule is O=C(CCCCl)Nc1ncc(Cc2ccc(Cl)c(C(F)(F)F)c2)s1. The van der Waals surface area contributed by atoms with Crippen LogP contribution in [0.5, 0.6) is 0 Å². The van der Waals surface area contributed by atoms with E-state index in [4.69, 9.17) is 23.2 Å². The van der Waals surface area contributed by atoms with Gasteiger partial charge in [0, 0.05) is 29.8 Å². The second-order valence-electron chi connectivity index (χ2n) is 4.96. The largest absolute Gasteiger partial charge is 0.417 e. The highest BCUT2D eigenvalue weighted by Crippen LogP contribution is 2.35. The summed E-state index contributed by atoms with van der Waals surface area (Å²) in [4.78, 5) is 16.4. The second kappa shape index (κ2) is 8.18. The lowest BCUT2D eigenvalue weighted by Crippen LogP contribution is -2.10. The molecule has 1 aromatic carbocycles. The molecule has 0 spiro atoms. The number of rotatable bonds is 6. The highest BCUT2D eigenvalue weighted by Gasteiger charge is 2.33. The number of nitrogens with zero attached hydrogens (tertiary/aromatic N) is 1. The predicted octanol–water partition coefficient (Wildman–Crippen LogP) is 5.36. The zero-order valence-corrected chi connectivity index (χ0v) is 14.6. The van der Waals surface area contributed by atoms with Crippen LogP contribution >= 0.6 is 34.5 Å². The molecule has 9 heteroatoms. The molecule has 130 valence electrons. The van der Waals surface area contributed by atoms with Crippen molar-refractivity contribution in [3.05, 3.63) is 45.4 Å². The monoisotopic (exact) mass is 396 g/mol. The predicted molar refractivity (Wildman–Crippen MR) is 90.0 cm³/mol. The van der Waals surface area contributed by atoms with E-state index in [1.165, 1.54) is 29.7 Å². The van der Waals surface area contributed by atoms with Gasteiger partial charge in [0.05, 0.1) is 10.6 Å². The van der Waals surface area contributed by atoms with Gasteiger partial charge in [0.15, 0.2) is 5.13 Å². The highest BCUT2D eigenvalue weighted by atomic mass is 35.5. The zero-order chi connectivity index (χ0) is 17.7. The number of carbonyl (C=O) groups excluding carboxylic acids is 1. The Balaban J connectivity index is 2.06. The van der Waals surface area contributed by atoms with Gasteiger partial charge in [-0.15, -0.1) is 22.9 Å². The fourth-order valence-corrected chi connectivity index (χ4v) is 3.18. The average Bonchev–Trinajstić information content (AvgIpc) is 2.93. The van der Waals surface area contributed by atoms with Crippen molar-refractivity contribution in [1.82, 2.24) is 4.98 Å². The Morgan fingerprint density at radius 2 is 2.08 bits per heavy atom. The minimum Gasteiger partial charge on any atom is -0.302 e. The fourth-order valence-electron chi connectivity index (χ4n) is 1.96. The molecular formula is C15H13Cl2F3N2OS. The molecule has 24 heavy (non-hydrogen) atoms. The van der Waals surface area contributed by atoms with Crippen LogP contribution in [-0.2, 0) is 17.4 Å². The molecule has 0 unspecified atom stereocenters. The third kappa shape index (κ3) is 5.36. The minimum absolute atomic E-state index is 0.192. The van der Waals surface area contributed by atoms with Crippen molar-refractivity contribution in [2.24, 2.45) is 0 Å². The number of anilines is 1. The lowest BCUT2D eigenvalue weighted by atomic mass is 10.1. The van der Waals surface area contributed by atoms with Crippen LogP contribution in [0.2, 0.25) is 5.02 Å². The van der Waals surface area contributed by atoms with Crippen molar-refractivity contribution >= 4 is 45.6 Å². The quantitative estimate of drug-likeness (QED) is 0.667. The standard InChI is InChI=1S/C15H13Cl2F3N2OS/c16-5-1-2-13(23)22-14-21-8-10(24-14)6-9-3-4-12(17)11(7-9)15(18,19)20/h3-4,7-8H,1-2,5-6H2,(H,21,22,23). The van der Waals surface area contributed by atoms with Crippen molar-refractivity contribution in [3.8, 4) is 0 Å². The number of thiazole rings is 1. The molecule has 0 atom stereocenters. The highest BCUT2D eigenvalue weighted by molar-refractivity contribution is 7.15. The summed E-state index contributed by atoms with van der Waals surface area (Å²) in [6.07, 6.45) is -1.83. The number of amides is 1. The van der Waals surface area contributed by atoms with Crippen LogP contribution in [-0.4, -0.2) is 16.8 Å². The van der Waals surface area contributed by atoms with Gasteiger partial charge in [-0.3, -0.25) is 4.79 Å². The summed E-state index contributed by atoms with van der Waals surface area (Å²) in [6.45, 7) is 0. The van der Waals surface area contributed by atoms with Crippen LogP contribution < -0.4 is 5.32 Å². The van der Waals surface area contributed by atoms with Gasteiger partial charge in [-0.25, -0.2) is 4.98 Å². The van der Waals surface area contributed by atoms with Gasteiger partial charge < -0.3 is 5.32 Å². The first kappa shape index (κ1) is 19.0. The molecule has 0 bridgehead atoms. The van der Waals surface area contributed by atoms with Crippen LogP contribution in [0.4, 0.5) is 18.3 Å². The van der Waals surface area contributed by atoms with Crippen molar-refractivity contribution in [3.63, 3.8) is 0 Å². The van der Waals surface area contributed by atoms with E-state index in [0.29, 0.717) is 29.4 Å². The summed E-state index contributed by atoms with van der Waals surface area (Å²) < 4.78 is 38.6. The van der Waals surface area contributed by atoms with Crippen molar-refractivity contribution in [2.75, 3.05) is 11.2 Å². The van der Waals surface area contributed by atoms with E-state index in [1.807, 2.05) is 0 Å². The van der Waals surface area contributed by atoms with Crippen LogP contribution in [0.15, 0.2) is 24.4 Å². The summed E-state index contributed by atoms with van der Waals surface area (Å²) in [5.74, 6) is 0.205. The van der Waals surface area contributed by atoms with Gasteiger partial charge in [0.25, 0.3) is 0 Å². The maximum absolute atomic E-state index is 12.9. The first-order valence-corrected chi connectivity index (χ1v) is 8.68. The molecule has 1 N–H and O–H groups in total. The number of hydrogen-bond acceptors (Lipinski definition) is 3. The molecule has 1 amide bonds. The Kier molecular flexibility index (Phi) is 6.48. The van der Waals surface area contributed by atoms with E-state index in [0.717, 1.165) is 10.9 Å². The summed E-state index contributed by atoms with van der Waals surface area (Å²) >= 11 is 12.3. The third-order valence-electron chi connectivity index (χ3n) is 3.05. The van der Waals surface area contributed by atoms with E-state index in [2.05, 4.69) is 10.3 Å². The molecule has 3 nitrogen and oxygen atoms in total. The Hall–Kier alpha value is -1.31. The van der Waals surface area contributed by atoms with E-state index in [1.54, 1.807) is 0 Å². The molecule has 0 saturated heterocycles. The van der Waals surface area contributed by atoms with E-state index >= 15 is 0 Å². The molecule has 0 aliphatic carbocycles. The minimum atomic E-state index is -4.50. The molecule has 0 fully saturated rings. The van der Waals surface area contributed by atoms with Gasteiger partial charge in [-0.1, -0.05) is 17.7 Å². The third-order valence-corrected chi connectivity index (χ3v) is 4.56. The van der Waals surface area contributed by atoms with Gasteiger partial charge >= 0.3 is 6.18 Å². The van der Waals surface area contributed by atoms with Crippen molar-refractivity contribution < 1.29 is 18.0 Å². The average molecular weight is 397 g/mol. The van der Waals surface area contributed by atoms with Crippen LogP contribution in [0.3, 0.4) is 0 Å². The molecule has 1 heterocycles. The van der Waals surface area contributed by atoms with Gasteiger partial charge in [-0.05, 0) is 24.1 Å². The topological polar surface area (TPSA) is 42.0 Å². The molecule has 0 radical (unpaired) electrons. The van der Waals surface area contributed by atoms with Crippen molar-refractivity contribution in [2.45, 2.75) is 25.4 Å². The van der Waals surface area contributed by atoms with E-state index < -0.39 is 11.7 Å². The molecule has 0 aliphatic rings. The lowest BCUT2D eigenvalue weighted by molar-refractivity contribution is -0.137. The summed E-state index contributed by atoms with van der Waals surface area (Å²) in [5, 5.41) is 2.72. The maximum atomic E-state index is 12.9. The Morgan fingerprint density at radius 3 is 2.75 bits per heavy atom. The Bertz CT molecular complexity index is 719. The number of carbonyl (C=O) groups is 1. The van der Waals surface area contributed by atoms with Gasteiger partial charge in [0.1, 0.15) is 0 Å². The Morgan fingerprint density at radius 1 is 1.33 bits per heavy atom. The first-order valence-electron chi connectivity index (χ1n) is 6.95. The summed E-state index contributed by atoms with van der Waals surface area (Å²) in [5.41, 5.74) is -0.392. The van der Waals surface area contributed by atoms with Crippen LogP contribution in [0, 0.1) is 0 Å². The molecule has 0 aliphatic heterocycles. The molecule has 1 aromatic heterocycles. The summed E-state index contributed by atoms with van der Waals surface area (Å²) in [7, 11) is 0. The number of nitrogens with one attached hydrogen (secondary N) is 1. The van der Waals surface area contributed by atoms with Gasteiger partial charge in [0.2, 0.25) is 5.91 Å². The number of hydrogen-bond donors (Lipinski definition) is 1. The Labute approximate surface area is 150 Å². The van der Waals surface area contributed by atoms with Crippen LogP contribution in [0.25, 0.3) is 0 Å². The van der Waals surface area contributed by atoms with E-state index in [9.17, 15) is 18.0 Å². The number of aromatic nitrogens is 1. The van der Waals surface area contributed by atoms with Gasteiger partial charge in [-0.2, -0.15) is 13.2 Å². The molecular weight excluding hydrogens is 384 g/mol. The normalized spacial score (nSPS) is 11.5. The zero-order valence-electron chi connectivity index (χ0n) is 12.3. The summed E-state index contributed by atoms with van der Waals surface area (Å²) in [6, 6.07) is 3.80.